The molecule has 0 radical (unpaired) electrons. The van der Waals surface area contributed by atoms with Gasteiger partial charge in [0, 0.05) is 11.6 Å². The highest BCUT2D eigenvalue weighted by Crippen LogP contribution is 2.24. The van der Waals surface area contributed by atoms with E-state index >= 15 is 0 Å². The quantitative estimate of drug-likeness (QED) is 0.549. The van der Waals surface area contributed by atoms with E-state index in [1.807, 2.05) is 12.1 Å². The lowest BCUT2D eigenvalue weighted by molar-refractivity contribution is -0.136. The van der Waals surface area contributed by atoms with Gasteiger partial charge in [0.2, 0.25) is 0 Å². The van der Waals surface area contributed by atoms with Crippen molar-refractivity contribution >= 4 is 29.0 Å². The van der Waals surface area contributed by atoms with Gasteiger partial charge in [0.05, 0.1) is 31.0 Å². The van der Waals surface area contributed by atoms with Crippen molar-refractivity contribution in [1.29, 1.82) is 5.26 Å². The van der Waals surface area contributed by atoms with Crippen LogP contribution >= 0.6 is 11.3 Å². The van der Waals surface area contributed by atoms with Gasteiger partial charge < -0.3 is 14.2 Å². The number of esters is 1. The highest BCUT2D eigenvalue weighted by Gasteiger charge is 2.18. The fourth-order valence-corrected chi connectivity index (χ4v) is 4.01. The van der Waals surface area contributed by atoms with Gasteiger partial charge in [0.25, 0.3) is 5.56 Å². The van der Waals surface area contributed by atoms with E-state index in [1.165, 1.54) is 11.7 Å². The molecule has 0 amide bonds. The van der Waals surface area contributed by atoms with Crippen LogP contribution in [0.5, 0.6) is 11.5 Å². The van der Waals surface area contributed by atoms with Crippen LogP contribution < -0.4 is 24.2 Å². The SMILES string of the molecule is CCOC(=O)/C(C#N)=c1/s/c(=C/c2ccc(OC)cc2OC)c(=O)n1-c1ccccc1. The molecule has 2 aromatic carbocycles. The summed E-state index contributed by atoms with van der Waals surface area (Å²) in [5.41, 5.74) is 0.607. The minimum Gasteiger partial charge on any atom is -0.497 e. The summed E-state index contributed by atoms with van der Waals surface area (Å²) in [4.78, 5) is 25.7. The number of nitrogens with zero attached hydrogens (tertiary/aromatic N) is 2. The Morgan fingerprint density at radius 1 is 1.16 bits per heavy atom. The molecular weight excluding hydrogens is 416 g/mol. The molecule has 0 aliphatic heterocycles. The van der Waals surface area contributed by atoms with E-state index in [9.17, 15) is 14.9 Å². The predicted molar refractivity (Wildman–Crippen MR) is 118 cm³/mol. The number of nitriles is 1. The lowest BCUT2D eigenvalue weighted by Crippen LogP contribution is -2.31. The first-order valence-electron chi connectivity index (χ1n) is 9.36. The van der Waals surface area contributed by atoms with Gasteiger partial charge in [0.1, 0.15) is 22.2 Å². The van der Waals surface area contributed by atoms with Crippen molar-refractivity contribution in [3.05, 3.63) is 73.6 Å². The number of hydrogen-bond donors (Lipinski definition) is 0. The van der Waals surface area contributed by atoms with Crippen molar-refractivity contribution < 1.29 is 19.0 Å². The molecule has 0 aliphatic carbocycles. The molecule has 0 atom stereocenters. The number of hydrogen-bond acceptors (Lipinski definition) is 7. The van der Waals surface area contributed by atoms with Gasteiger partial charge in [-0.15, -0.1) is 11.3 Å². The van der Waals surface area contributed by atoms with Gasteiger partial charge in [-0.1, -0.05) is 18.2 Å². The summed E-state index contributed by atoms with van der Waals surface area (Å²) >= 11 is 1.04. The van der Waals surface area contributed by atoms with Crippen LogP contribution in [0.3, 0.4) is 0 Å². The third-order valence-corrected chi connectivity index (χ3v) is 5.46. The van der Waals surface area contributed by atoms with Crippen LogP contribution in [0.1, 0.15) is 12.5 Å². The Hall–Kier alpha value is -3.83. The van der Waals surface area contributed by atoms with Crippen molar-refractivity contribution in [1.82, 2.24) is 4.57 Å². The summed E-state index contributed by atoms with van der Waals surface area (Å²) in [6.45, 7) is 1.77. The first kappa shape index (κ1) is 21.9. The predicted octanol–water partition coefficient (Wildman–Crippen LogP) is 1.98. The zero-order chi connectivity index (χ0) is 22.4. The van der Waals surface area contributed by atoms with E-state index in [0.717, 1.165) is 11.3 Å². The van der Waals surface area contributed by atoms with E-state index in [-0.39, 0.29) is 22.4 Å². The van der Waals surface area contributed by atoms with E-state index in [4.69, 9.17) is 14.2 Å². The molecule has 0 N–H and O–H groups in total. The lowest BCUT2D eigenvalue weighted by atomic mass is 10.2. The molecule has 0 saturated heterocycles. The molecule has 1 aromatic heterocycles. The van der Waals surface area contributed by atoms with Crippen LogP contribution in [0.25, 0.3) is 17.3 Å². The number of benzene rings is 2. The average molecular weight is 436 g/mol. The zero-order valence-corrected chi connectivity index (χ0v) is 18.1. The van der Waals surface area contributed by atoms with Crippen LogP contribution in [0, 0.1) is 11.3 Å². The number of para-hydroxylation sites is 1. The van der Waals surface area contributed by atoms with Crippen LogP contribution in [0.4, 0.5) is 0 Å². The number of carbonyl (C=O) groups is 1. The summed E-state index contributed by atoms with van der Waals surface area (Å²) < 4.78 is 17.5. The molecule has 0 unspecified atom stereocenters. The van der Waals surface area contributed by atoms with E-state index in [2.05, 4.69) is 0 Å². The molecule has 0 bridgehead atoms. The lowest BCUT2D eigenvalue weighted by Gasteiger charge is -2.06. The van der Waals surface area contributed by atoms with Crippen LogP contribution in [0.15, 0.2) is 53.3 Å². The number of methoxy groups -OCH3 is 2. The van der Waals surface area contributed by atoms with Crippen LogP contribution in [0.2, 0.25) is 0 Å². The number of aromatic nitrogens is 1. The molecule has 3 aromatic rings. The molecule has 1 heterocycles. The monoisotopic (exact) mass is 436 g/mol. The summed E-state index contributed by atoms with van der Waals surface area (Å²) in [5.74, 6) is 0.365. The maximum absolute atomic E-state index is 13.3. The Balaban J connectivity index is 2.37. The highest BCUT2D eigenvalue weighted by atomic mass is 32.1. The second-order valence-electron chi connectivity index (χ2n) is 6.21. The number of ether oxygens (including phenoxy) is 3. The fourth-order valence-electron chi connectivity index (χ4n) is 2.92. The van der Waals surface area contributed by atoms with Gasteiger partial charge in [-0.3, -0.25) is 9.36 Å². The molecule has 158 valence electrons. The molecule has 7 nitrogen and oxygen atoms in total. The van der Waals surface area contributed by atoms with Gasteiger partial charge in [-0.25, -0.2) is 4.79 Å². The summed E-state index contributed by atoms with van der Waals surface area (Å²) in [6.07, 6.45) is 1.66. The van der Waals surface area contributed by atoms with E-state index < -0.39 is 5.97 Å². The van der Waals surface area contributed by atoms with Crippen LogP contribution in [-0.4, -0.2) is 31.4 Å². The molecule has 0 aliphatic rings. The minimum atomic E-state index is -0.774. The molecule has 8 heteroatoms. The fraction of sp³-hybridized carbons (Fsp3) is 0.174. The van der Waals surface area contributed by atoms with Gasteiger partial charge in [0.15, 0.2) is 5.57 Å². The molecule has 31 heavy (non-hydrogen) atoms. The topological polar surface area (TPSA) is 90.6 Å². The van der Waals surface area contributed by atoms with E-state index in [0.29, 0.717) is 27.3 Å². The largest absolute Gasteiger partial charge is 0.497 e. The summed E-state index contributed by atoms with van der Waals surface area (Å²) in [5, 5.41) is 9.64. The highest BCUT2D eigenvalue weighted by molar-refractivity contribution is 7.07. The minimum absolute atomic E-state index is 0.118. The molecule has 0 saturated carbocycles. The van der Waals surface area contributed by atoms with Gasteiger partial charge in [-0.05, 0) is 37.3 Å². The first-order valence-corrected chi connectivity index (χ1v) is 10.2. The normalized spacial score (nSPS) is 12.1. The van der Waals surface area contributed by atoms with Crippen molar-refractivity contribution in [2.45, 2.75) is 6.92 Å². The average Bonchev–Trinajstić information content (AvgIpc) is 3.10. The third-order valence-electron chi connectivity index (χ3n) is 4.37. The van der Waals surface area contributed by atoms with Crippen molar-refractivity contribution in [2.75, 3.05) is 20.8 Å². The second-order valence-corrected chi connectivity index (χ2v) is 7.24. The maximum Gasteiger partial charge on any atom is 0.351 e. The number of rotatable bonds is 6. The molecule has 3 rings (SSSR count). The Labute approximate surface area is 182 Å². The summed E-state index contributed by atoms with van der Waals surface area (Å²) in [6, 6.07) is 15.9. The first-order chi connectivity index (χ1) is 15.0. The van der Waals surface area contributed by atoms with Crippen LogP contribution in [-0.2, 0) is 9.53 Å². The Morgan fingerprint density at radius 2 is 1.90 bits per heavy atom. The van der Waals surface area contributed by atoms with Crippen molar-refractivity contribution in [3.8, 4) is 23.3 Å². The Morgan fingerprint density at radius 3 is 2.52 bits per heavy atom. The second kappa shape index (κ2) is 9.78. The number of carbonyl (C=O) groups excluding carboxylic acids is 1. The smallest absolute Gasteiger partial charge is 0.351 e. The number of thiazole rings is 1. The Kier molecular flexibility index (Phi) is 6.90. The van der Waals surface area contributed by atoms with Gasteiger partial charge in [-0.2, -0.15) is 5.26 Å². The molecule has 0 spiro atoms. The third kappa shape index (κ3) is 4.52. The molecule has 0 fully saturated rings. The maximum atomic E-state index is 13.3. The van der Waals surface area contributed by atoms with Crippen molar-refractivity contribution in [2.24, 2.45) is 0 Å². The van der Waals surface area contributed by atoms with E-state index in [1.54, 1.807) is 62.6 Å². The zero-order valence-electron chi connectivity index (χ0n) is 17.2. The van der Waals surface area contributed by atoms with Crippen molar-refractivity contribution in [3.63, 3.8) is 0 Å². The van der Waals surface area contributed by atoms with Gasteiger partial charge >= 0.3 is 5.97 Å². The Bertz CT molecular complexity index is 1320. The standard InChI is InChI=1S/C23H20N2O5S/c1-4-30-23(27)18(14-24)22-25(16-8-6-5-7-9-16)21(26)20(31-22)12-15-10-11-17(28-2)13-19(15)29-3/h5-13H,4H2,1-3H3/b20-12+,22-18+. The summed E-state index contributed by atoms with van der Waals surface area (Å²) in [7, 11) is 3.08. The molecular formula is C23H20N2O5S.